The van der Waals surface area contributed by atoms with Crippen molar-refractivity contribution in [1.82, 2.24) is 0 Å². The Hall–Kier alpha value is 0.910. The van der Waals surface area contributed by atoms with Crippen molar-refractivity contribution in [3.63, 3.8) is 0 Å². The van der Waals surface area contributed by atoms with E-state index in [1.54, 1.807) is 7.11 Å². The van der Waals surface area contributed by atoms with Crippen LogP contribution in [0.2, 0.25) is 0 Å². The van der Waals surface area contributed by atoms with Gasteiger partial charge in [0.15, 0.2) is 0 Å². The van der Waals surface area contributed by atoms with Crippen molar-refractivity contribution in [3.8, 4) is 0 Å². The van der Waals surface area contributed by atoms with E-state index in [4.69, 9.17) is 0 Å². The molecule has 0 saturated carbocycles. The lowest BCUT2D eigenvalue weighted by molar-refractivity contribution is 0.499. The van der Waals surface area contributed by atoms with Gasteiger partial charge in [0.2, 0.25) is 0 Å². The molecule has 0 aliphatic carbocycles. The van der Waals surface area contributed by atoms with Crippen LogP contribution in [0.3, 0.4) is 0 Å². The minimum Gasteiger partial charge on any atom is -0.309 e. The zero-order chi connectivity index (χ0) is 4.12. The van der Waals surface area contributed by atoms with Crippen LogP contribution >= 0.6 is 28.6 Å². The molecule has 0 aromatic heterocycles. The second-order valence-electron chi connectivity index (χ2n) is 0.339. The van der Waals surface area contributed by atoms with E-state index >= 15 is 0 Å². The molecule has 3 heteroatoms. The Labute approximate surface area is 44.5 Å². The Bertz CT molecular complexity index is 30.8. The molecule has 0 heterocycles. The Balaban J connectivity index is 2.40. The monoisotopic (exact) mass is 204 g/mol. The van der Waals surface area contributed by atoms with Gasteiger partial charge in [0.25, 0.3) is 0 Å². The molecule has 0 aliphatic rings. The molecule has 32 valence electrons. The highest BCUT2D eigenvalue weighted by Crippen LogP contribution is 2.15. The fourth-order valence-corrected chi connectivity index (χ4v) is 0.896. The summed E-state index contributed by atoms with van der Waals surface area (Å²) >= 11 is 0.0518. The minimum atomic E-state index is 0.0518. The molecule has 0 aromatic rings. The smallest absolute Gasteiger partial charge is 0.0575 e. The molecule has 0 amide bonds. The molecule has 0 unspecified atom stereocenters. The molecule has 0 rings (SSSR count). The second kappa shape index (κ2) is 4.91. The Morgan fingerprint density at radius 2 is 2.60 bits per heavy atom. The van der Waals surface area contributed by atoms with Gasteiger partial charge in [0, 0.05) is 0 Å². The Morgan fingerprint density at radius 1 is 2.00 bits per heavy atom. The zero-order valence-electron chi connectivity index (χ0n) is 2.90. The summed E-state index contributed by atoms with van der Waals surface area (Å²) in [5, 5.41) is 0. The molecule has 0 spiro atoms. The standard InChI is InChI=1S/C2H5IOS/c1-3-5-4-2/h1H2,2H3. The maximum atomic E-state index is 4.59. The van der Waals surface area contributed by atoms with E-state index in [2.05, 4.69) is 8.70 Å². The van der Waals surface area contributed by atoms with Crippen LogP contribution in [0.25, 0.3) is 0 Å². The topological polar surface area (TPSA) is 9.23 Å². The van der Waals surface area contributed by atoms with Crippen LogP contribution in [0.5, 0.6) is 0 Å². The van der Waals surface area contributed by atoms with Crippen molar-refractivity contribution >= 4 is 33.1 Å². The van der Waals surface area contributed by atoms with E-state index in [-0.39, 0.29) is 19.3 Å². The maximum Gasteiger partial charge on any atom is 0.0575 e. The summed E-state index contributed by atoms with van der Waals surface area (Å²) in [6.45, 7) is 0. The van der Waals surface area contributed by atoms with Crippen molar-refractivity contribution in [1.29, 1.82) is 0 Å². The lowest BCUT2D eigenvalue weighted by Gasteiger charge is -1.76. The Morgan fingerprint density at radius 3 is 2.60 bits per heavy atom. The van der Waals surface area contributed by atoms with Crippen LogP contribution in [-0.2, 0) is 4.18 Å². The van der Waals surface area contributed by atoms with E-state index in [9.17, 15) is 0 Å². The molecular weight excluding hydrogens is 199 g/mol. The molecule has 1 nitrogen and oxygen atoms in total. The van der Waals surface area contributed by atoms with E-state index in [1.807, 2.05) is 0 Å². The number of hydrogen-bond donors (Lipinski definition) is 0. The molecule has 0 saturated heterocycles. The summed E-state index contributed by atoms with van der Waals surface area (Å²) in [5.74, 6) is 0. The first-order chi connectivity index (χ1) is 2.41. The average Bonchev–Trinajstić information content (AvgIpc) is 1.41. The van der Waals surface area contributed by atoms with Crippen molar-refractivity contribution in [2.75, 3.05) is 7.11 Å². The summed E-state index contributed by atoms with van der Waals surface area (Å²) in [7, 11) is 3.12. The van der Waals surface area contributed by atoms with E-state index < -0.39 is 0 Å². The fraction of sp³-hybridized carbons (Fsp3) is 0.500. The lowest BCUT2D eigenvalue weighted by Crippen LogP contribution is -1.48. The van der Waals surface area contributed by atoms with E-state index in [0.717, 1.165) is 0 Å². The third-order valence-electron chi connectivity index (χ3n) is 0.108. The van der Waals surface area contributed by atoms with Crippen LogP contribution in [0.4, 0.5) is 0 Å². The molecule has 0 bridgehead atoms. The van der Waals surface area contributed by atoms with Crippen molar-refractivity contribution in [3.05, 3.63) is 0 Å². The van der Waals surface area contributed by atoms with Crippen molar-refractivity contribution in [2.45, 2.75) is 0 Å². The highest BCUT2D eigenvalue weighted by molar-refractivity contribution is 14.2. The molecule has 0 aliphatic heterocycles. The molecule has 0 N–H and O–H groups in total. The Kier molecular flexibility index (Phi) is 5.80. The third kappa shape index (κ3) is 4.91. The third-order valence-corrected chi connectivity index (χ3v) is 2.16. The number of halogens is 1. The van der Waals surface area contributed by atoms with Gasteiger partial charge in [-0.2, -0.15) is 0 Å². The van der Waals surface area contributed by atoms with Crippen LogP contribution in [0.15, 0.2) is 0 Å². The number of hydrogen-bond acceptors (Lipinski definition) is 2. The predicted octanol–water partition coefficient (Wildman–Crippen LogP) is 1.60. The summed E-state index contributed by atoms with van der Waals surface area (Å²) in [6.07, 6.45) is 0. The SMILES string of the molecule is C=ISOC. The number of rotatable bonds is 2. The molecule has 0 fully saturated rings. The first kappa shape index (κ1) is 5.91. The van der Waals surface area contributed by atoms with E-state index in [1.165, 1.54) is 9.21 Å². The van der Waals surface area contributed by atoms with Crippen LogP contribution in [0, 0.1) is 0 Å². The molecular formula is C2H5IOS. The summed E-state index contributed by atoms with van der Waals surface area (Å²) in [4.78, 5) is 0. The van der Waals surface area contributed by atoms with Gasteiger partial charge in [-0.3, -0.25) is 0 Å². The first-order valence-electron chi connectivity index (χ1n) is 0.996. The predicted molar refractivity (Wildman–Crippen MR) is 35.7 cm³/mol. The van der Waals surface area contributed by atoms with Gasteiger partial charge in [-0.15, -0.1) is 0 Å². The fourth-order valence-electron chi connectivity index (χ4n) is 0.0445. The van der Waals surface area contributed by atoms with Gasteiger partial charge in [0.05, 0.1) is 16.3 Å². The minimum absolute atomic E-state index is 0.0518. The highest BCUT2D eigenvalue weighted by atomic mass is 127. The largest absolute Gasteiger partial charge is 0.309 e. The van der Waals surface area contributed by atoms with Crippen LogP contribution in [0.1, 0.15) is 0 Å². The first-order valence-corrected chi connectivity index (χ1v) is 5.81. The van der Waals surface area contributed by atoms with Gasteiger partial charge in [-0.25, -0.2) is 0 Å². The normalized spacial score (nSPS) is 8.20. The van der Waals surface area contributed by atoms with Crippen molar-refractivity contribution < 1.29 is 4.18 Å². The van der Waals surface area contributed by atoms with Gasteiger partial charge in [0.1, 0.15) is 0 Å². The quantitative estimate of drug-likeness (QED) is 0.499. The zero-order valence-corrected chi connectivity index (χ0v) is 5.88. The van der Waals surface area contributed by atoms with Gasteiger partial charge >= 0.3 is 0 Å². The second-order valence-corrected chi connectivity index (χ2v) is 3.96. The van der Waals surface area contributed by atoms with E-state index in [0.29, 0.717) is 0 Å². The molecule has 5 heavy (non-hydrogen) atoms. The van der Waals surface area contributed by atoms with Crippen molar-refractivity contribution in [2.24, 2.45) is 0 Å². The van der Waals surface area contributed by atoms with Gasteiger partial charge in [-0.05, 0) is 19.3 Å². The summed E-state index contributed by atoms with van der Waals surface area (Å²) < 4.78 is 8.22. The molecule has 0 atom stereocenters. The van der Waals surface area contributed by atoms with Crippen LogP contribution < -0.4 is 0 Å². The summed E-state index contributed by atoms with van der Waals surface area (Å²) in [6, 6.07) is 0. The van der Waals surface area contributed by atoms with Gasteiger partial charge < -0.3 is 4.18 Å². The summed E-state index contributed by atoms with van der Waals surface area (Å²) in [5.41, 5.74) is 0. The average molecular weight is 204 g/mol. The highest BCUT2D eigenvalue weighted by Gasteiger charge is 1.60. The van der Waals surface area contributed by atoms with Crippen LogP contribution in [-0.4, -0.2) is 11.6 Å². The lowest BCUT2D eigenvalue weighted by atomic mass is 11.8. The maximum absolute atomic E-state index is 4.59. The van der Waals surface area contributed by atoms with Gasteiger partial charge in [-0.1, -0.05) is 4.51 Å². The molecule has 0 aromatic carbocycles. The molecule has 0 radical (unpaired) electrons.